The summed E-state index contributed by atoms with van der Waals surface area (Å²) in [6, 6.07) is 13.8. The summed E-state index contributed by atoms with van der Waals surface area (Å²) < 4.78 is 63.4. The van der Waals surface area contributed by atoms with Crippen LogP contribution in [0.5, 0.6) is 17.2 Å². The van der Waals surface area contributed by atoms with Crippen LogP contribution < -0.4 is 19.8 Å². The summed E-state index contributed by atoms with van der Waals surface area (Å²) in [5.41, 5.74) is 1.91. The molecule has 4 aromatic rings. The van der Waals surface area contributed by atoms with Crippen molar-refractivity contribution in [2.75, 3.05) is 14.2 Å². The first-order chi connectivity index (χ1) is 17.3. The fraction of sp³-hybridized carbons (Fsp3) is 0.154. The van der Waals surface area contributed by atoms with Crippen LogP contribution in [0.25, 0.3) is 33.0 Å². The number of aromatic hydroxyl groups is 1. The van der Waals surface area contributed by atoms with Gasteiger partial charge in [-0.2, -0.15) is 0 Å². The van der Waals surface area contributed by atoms with Crippen molar-refractivity contribution < 1.29 is 31.4 Å². The molecule has 0 aliphatic heterocycles. The van der Waals surface area contributed by atoms with E-state index in [2.05, 4.69) is 0 Å². The standard InChI is InChI=1S/C26H26N2O7S2/c1-14-11-17(34-3)6-9-19(14)23-21-8-5-16(29)13-22(21)25(36(27,30)31)24(26(23)37(28,32)33)20-10-7-18(35-4)12-15(20)2/h5-13,29H,1-4H3,(H2,27,30,31)(H2,28,32,33). The summed E-state index contributed by atoms with van der Waals surface area (Å²) in [4.78, 5) is -0.873. The van der Waals surface area contributed by atoms with Gasteiger partial charge in [0.1, 0.15) is 17.2 Å². The monoisotopic (exact) mass is 542 g/mol. The molecular weight excluding hydrogens is 516 g/mol. The quantitative estimate of drug-likeness (QED) is 0.334. The zero-order valence-corrected chi connectivity index (χ0v) is 22.2. The summed E-state index contributed by atoms with van der Waals surface area (Å²) in [7, 11) is -6.11. The van der Waals surface area contributed by atoms with Gasteiger partial charge in [-0.3, -0.25) is 0 Å². The summed E-state index contributed by atoms with van der Waals surface area (Å²) in [6.07, 6.45) is 0. The van der Waals surface area contributed by atoms with Crippen LogP contribution in [0.2, 0.25) is 0 Å². The van der Waals surface area contributed by atoms with Crippen molar-refractivity contribution in [1.82, 2.24) is 0 Å². The molecule has 5 N–H and O–H groups in total. The zero-order valence-electron chi connectivity index (χ0n) is 20.6. The van der Waals surface area contributed by atoms with Gasteiger partial charge in [0.05, 0.1) is 24.0 Å². The van der Waals surface area contributed by atoms with Gasteiger partial charge in [0, 0.05) is 16.5 Å². The Hall–Kier alpha value is -3.64. The van der Waals surface area contributed by atoms with Crippen molar-refractivity contribution in [2.24, 2.45) is 10.3 Å². The van der Waals surface area contributed by atoms with Gasteiger partial charge < -0.3 is 14.6 Å². The molecule has 0 aromatic heterocycles. The minimum atomic E-state index is -4.55. The van der Waals surface area contributed by atoms with E-state index >= 15 is 0 Å². The van der Waals surface area contributed by atoms with Gasteiger partial charge in [-0.05, 0) is 84.0 Å². The van der Waals surface area contributed by atoms with Crippen molar-refractivity contribution in [3.05, 3.63) is 65.7 Å². The Balaban J connectivity index is 2.39. The Morgan fingerprint density at radius 2 is 1.14 bits per heavy atom. The van der Waals surface area contributed by atoms with Gasteiger partial charge in [0.15, 0.2) is 0 Å². The average molecular weight is 543 g/mol. The number of fused-ring (bicyclic) bond motifs is 1. The minimum Gasteiger partial charge on any atom is -0.508 e. The number of hydrogen-bond acceptors (Lipinski definition) is 7. The predicted octanol–water partition coefficient (Wildman–Crippen LogP) is 3.81. The molecular formula is C26H26N2O7S2. The van der Waals surface area contributed by atoms with Gasteiger partial charge in [-0.25, -0.2) is 27.1 Å². The van der Waals surface area contributed by atoms with Crippen LogP contribution in [0, 0.1) is 13.8 Å². The number of sulfonamides is 2. The van der Waals surface area contributed by atoms with Crippen LogP contribution in [0.3, 0.4) is 0 Å². The fourth-order valence-corrected chi connectivity index (χ4v) is 6.64. The maximum atomic E-state index is 13.3. The molecule has 0 saturated heterocycles. The van der Waals surface area contributed by atoms with E-state index in [4.69, 9.17) is 19.8 Å². The van der Waals surface area contributed by atoms with E-state index in [1.807, 2.05) is 0 Å². The third-order valence-electron chi connectivity index (χ3n) is 6.17. The normalized spacial score (nSPS) is 12.1. The Labute approximate surface area is 215 Å². The molecule has 9 nitrogen and oxygen atoms in total. The van der Waals surface area contributed by atoms with E-state index in [-0.39, 0.29) is 33.2 Å². The molecule has 11 heteroatoms. The van der Waals surface area contributed by atoms with Gasteiger partial charge in [0.2, 0.25) is 20.0 Å². The first-order valence-electron chi connectivity index (χ1n) is 11.0. The molecule has 0 unspecified atom stereocenters. The van der Waals surface area contributed by atoms with E-state index < -0.39 is 29.8 Å². The van der Waals surface area contributed by atoms with Crippen molar-refractivity contribution >= 4 is 30.8 Å². The SMILES string of the molecule is COc1ccc(-c2c(S(N)(=O)=O)c(-c3ccc(OC)cc3C)c3ccc(O)cc3c2S(N)(=O)=O)c(C)c1. The first-order valence-corrected chi connectivity index (χ1v) is 14.1. The fourth-order valence-electron chi connectivity index (χ4n) is 4.60. The molecule has 37 heavy (non-hydrogen) atoms. The molecule has 0 atom stereocenters. The van der Waals surface area contributed by atoms with Crippen LogP contribution in [0.15, 0.2) is 64.4 Å². The van der Waals surface area contributed by atoms with E-state index in [1.54, 1.807) is 50.2 Å². The van der Waals surface area contributed by atoms with Crippen LogP contribution in [0.1, 0.15) is 11.1 Å². The maximum Gasteiger partial charge on any atom is 0.239 e. The molecule has 4 aromatic carbocycles. The number of rotatable bonds is 6. The maximum absolute atomic E-state index is 13.3. The molecule has 0 saturated carbocycles. The summed E-state index contributed by atoms with van der Waals surface area (Å²) in [6.45, 7) is 3.45. The summed E-state index contributed by atoms with van der Waals surface area (Å²) >= 11 is 0. The number of phenols is 1. The lowest BCUT2D eigenvalue weighted by atomic mass is 9.89. The Kier molecular flexibility index (Phi) is 6.67. The summed E-state index contributed by atoms with van der Waals surface area (Å²) in [5.74, 6) is 0.809. The molecule has 0 heterocycles. The highest BCUT2D eigenvalue weighted by molar-refractivity contribution is 7.90. The summed E-state index contributed by atoms with van der Waals surface area (Å²) in [5, 5.41) is 22.1. The minimum absolute atomic E-state index is 0.0466. The Morgan fingerprint density at radius 1 is 0.649 bits per heavy atom. The topological polar surface area (TPSA) is 159 Å². The Bertz CT molecular complexity index is 1780. The smallest absolute Gasteiger partial charge is 0.239 e. The third kappa shape index (κ3) is 4.74. The lowest BCUT2D eigenvalue weighted by Gasteiger charge is -2.23. The second kappa shape index (κ2) is 9.34. The third-order valence-corrected chi connectivity index (χ3v) is 8.14. The zero-order chi connectivity index (χ0) is 27.3. The lowest BCUT2D eigenvalue weighted by Crippen LogP contribution is -2.20. The second-order valence-corrected chi connectivity index (χ2v) is 11.6. The Morgan fingerprint density at radius 3 is 1.57 bits per heavy atom. The number of primary sulfonamides is 2. The van der Waals surface area contributed by atoms with Crippen LogP contribution >= 0.6 is 0 Å². The van der Waals surface area contributed by atoms with E-state index in [0.717, 1.165) is 0 Å². The highest BCUT2D eigenvalue weighted by atomic mass is 32.2. The van der Waals surface area contributed by atoms with E-state index in [1.165, 1.54) is 32.4 Å². The number of benzene rings is 4. The molecule has 0 fully saturated rings. The molecule has 0 radical (unpaired) electrons. The number of ether oxygens (including phenoxy) is 2. The van der Waals surface area contributed by atoms with Crippen LogP contribution in [-0.2, 0) is 20.0 Å². The largest absolute Gasteiger partial charge is 0.508 e. The molecule has 0 spiro atoms. The number of methoxy groups -OCH3 is 2. The van der Waals surface area contributed by atoms with E-state index in [9.17, 15) is 21.9 Å². The van der Waals surface area contributed by atoms with Gasteiger partial charge in [-0.1, -0.05) is 12.1 Å². The van der Waals surface area contributed by atoms with Crippen molar-refractivity contribution in [2.45, 2.75) is 23.6 Å². The molecule has 0 aliphatic rings. The van der Waals surface area contributed by atoms with Gasteiger partial charge in [0.25, 0.3) is 0 Å². The van der Waals surface area contributed by atoms with Crippen LogP contribution in [0.4, 0.5) is 0 Å². The average Bonchev–Trinajstić information content (AvgIpc) is 2.81. The number of aryl methyl sites for hydroxylation is 2. The highest BCUT2D eigenvalue weighted by Crippen LogP contribution is 2.48. The number of phenolic OH excluding ortho intramolecular Hbond substituents is 1. The molecule has 0 amide bonds. The van der Waals surface area contributed by atoms with Gasteiger partial charge >= 0.3 is 0 Å². The molecule has 0 aliphatic carbocycles. The highest BCUT2D eigenvalue weighted by Gasteiger charge is 2.33. The van der Waals surface area contributed by atoms with Crippen molar-refractivity contribution in [1.29, 1.82) is 0 Å². The number of hydrogen-bond donors (Lipinski definition) is 3. The number of nitrogens with two attached hydrogens (primary N) is 2. The van der Waals surface area contributed by atoms with Crippen molar-refractivity contribution in [3.63, 3.8) is 0 Å². The van der Waals surface area contributed by atoms with Crippen LogP contribution in [-0.4, -0.2) is 36.2 Å². The predicted molar refractivity (Wildman–Crippen MR) is 142 cm³/mol. The van der Waals surface area contributed by atoms with E-state index in [0.29, 0.717) is 28.2 Å². The molecule has 194 valence electrons. The molecule has 4 rings (SSSR count). The molecule has 0 bridgehead atoms. The lowest BCUT2D eigenvalue weighted by molar-refractivity contribution is 0.414. The first kappa shape index (κ1) is 26.4. The second-order valence-electron chi connectivity index (χ2n) is 8.59. The van der Waals surface area contributed by atoms with Crippen molar-refractivity contribution in [3.8, 4) is 39.5 Å². The van der Waals surface area contributed by atoms with Gasteiger partial charge in [-0.15, -0.1) is 0 Å².